The number of hydrogen-bond acceptors (Lipinski definition) is 8. The van der Waals surface area contributed by atoms with Crippen molar-refractivity contribution in [2.45, 2.75) is 77.4 Å². The molecule has 0 radical (unpaired) electrons. The molecule has 1 fully saturated rings. The van der Waals surface area contributed by atoms with E-state index in [4.69, 9.17) is 9.84 Å². The summed E-state index contributed by atoms with van der Waals surface area (Å²) in [6, 6.07) is 7.28. The average Bonchev–Trinajstić information content (AvgIpc) is 3.44. The fourth-order valence-corrected chi connectivity index (χ4v) is 5.34. The van der Waals surface area contributed by atoms with Crippen LogP contribution in [0.3, 0.4) is 0 Å². The molecule has 0 aliphatic carbocycles. The van der Waals surface area contributed by atoms with Gasteiger partial charge in [-0.3, -0.25) is 9.59 Å². The Hall–Kier alpha value is -3.54. The number of aryl methyl sites for hydroxylation is 1. The highest BCUT2D eigenvalue weighted by Crippen LogP contribution is 2.28. The molecule has 3 heterocycles. The van der Waals surface area contributed by atoms with Crippen LogP contribution in [0.2, 0.25) is 0 Å². The average molecular weight is 594 g/mol. The second kappa shape index (κ2) is 16.9. The number of pyridine rings is 1. The second-order valence-electron chi connectivity index (χ2n) is 11.2. The number of likely N-dealkylation sites (N-methyl/N-ethyl adjacent to an activating group) is 1. The molecule has 1 aliphatic rings. The van der Waals surface area contributed by atoms with E-state index in [2.05, 4.69) is 30.9 Å². The van der Waals surface area contributed by atoms with Gasteiger partial charge in [0, 0.05) is 68.3 Å². The number of unbranched alkanes of at least 4 members (excludes halogenated alkanes) is 4. The number of fused-ring (bicyclic) bond motifs is 1. The van der Waals surface area contributed by atoms with Gasteiger partial charge in [0.05, 0.1) is 23.9 Å². The molecular weight excluding hydrogens is 546 g/mol. The first-order chi connectivity index (χ1) is 21.0. The monoisotopic (exact) mass is 593 g/mol. The van der Waals surface area contributed by atoms with Crippen LogP contribution >= 0.6 is 0 Å². The third-order valence-corrected chi connectivity index (χ3v) is 7.91. The minimum atomic E-state index is -0.193. The second-order valence-corrected chi connectivity index (χ2v) is 11.2. The zero-order valence-corrected chi connectivity index (χ0v) is 25.6. The van der Waals surface area contributed by atoms with Gasteiger partial charge < -0.3 is 30.7 Å². The number of carbonyl (C=O) groups excluding carboxylic acids is 2. The molecule has 4 rings (SSSR count). The number of amides is 2. The topological polar surface area (TPSA) is 134 Å². The lowest BCUT2D eigenvalue weighted by Gasteiger charge is -2.25. The molecule has 1 aliphatic heterocycles. The molecule has 11 nitrogen and oxygen atoms in total. The van der Waals surface area contributed by atoms with Crippen molar-refractivity contribution in [1.29, 1.82) is 0 Å². The fraction of sp³-hybridized carbons (Fsp3) is 0.562. The van der Waals surface area contributed by atoms with E-state index in [1.54, 1.807) is 24.3 Å². The number of hydrogen-bond donors (Lipinski definition) is 4. The number of nitrogens with zero attached hydrogens (tertiary/aromatic N) is 4. The lowest BCUT2D eigenvalue weighted by atomic mass is 10.1. The Morgan fingerprint density at radius 2 is 1.79 bits per heavy atom. The van der Waals surface area contributed by atoms with Crippen LogP contribution in [0, 0.1) is 0 Å². The Balaban J connectivity index is 1.24. The minimum Gasteiger partial charge on any atom is -0.395 e. The molecule has 3 aromatic rings. The Bertz CT molecular complexity index is 1310. The minimum absolute atomic E-state index is 0.0151. The summed E-state index contributed by atoms with van der Waals surface area (Å²) >= 11 is 0. The van der Waals surface area contributed by atoms with Crippen molar-refractivity contribution in [2.24, 2.45) is 0 Å². The van der Waals surface area contributed by atoms with E-state index >= 15 is 0 Å². The Morgan fingerprint density at radius 3 is 2.53 bits per heavy atom. The number of nitrogens with one attached hydrogen (secondary N) is 3. The predicted octanol–water partition coefficient (Wildman–Crippen LogP) is 4.18. The Labute approximate surface area is 254 Å². The van der Waals surface area contributed by atoms with Crippen LogP contribution in [0.15, 0.2) is 36.7 Å². The summed E-state index contributed by atoms with van der Waals surface area (Å²) in [6.07, 6.45) is 11.2. The van der Waals surface area contributed by atoms with E-state index in [-0.39, 0.29) is 24.5 Å². The number of aliphatic hydroxyl groups is 1. The summed E-state index contributed by atoms with van der Waals surface area (Å²) in [7, 11) is 2.02. The van der Waals surface area contributed by atoms with Crippen LogP contribution in [0.5, 0.6) is 0 Å². The van der Waals surface area contributed by atoms with Crippen molar-refractivity contribution in [3.8, 4) is 0 Å². The first-order valence-electron chi connectivity index (χ1n) is 15.6. The number of aliphatic hydroxyl groups excluding tert-OH is 1. The van der Waals surface area contributed by atoms with Crippen LogP contribution < -0.4 is 16.0 Å². The molecule has 234 valence electrons. The maximum Gasteiger partial charge on any atom is 0.251 e. The smallest absolute Gasteiger partial charge is 0.251 e. The fourth-order valence-electron chi connectivity index (χ4n) is 5.34. The molecule has 2 aromatic heterocycles. The number of aromatic nitrogens is 3. The van der Waals surface area contributed by atoms with Gasteiger partial charge in [-0.1, -0.05) is 19.3 Å². The summed E-state index contributed by atoms with van der Waals surface area (Å²) in [5.41, 5.74) is 3.89. The van der Waals surface area contributed by atoms with E-state index in [9.17, 15) is 9.59 Å². The molecule has 0 unspecified atom stereocenters. The number of carbonyl (C=O) groups is 2. The molecule has 0 saturated carbocycles. The third-order valence-electron chi connectivity index (χ3n) is 7.91. The van der Waals surface area contributed by atoms with E-state index in [0.29, 0.717) is 30.8 Å². The summed E-state index contributed by atoms with van der Waals surface area (Å²) in [4.78, 5) is 32.2. The summed E-state index contributed by atoms with van der Waals surface area (Å²) in [5.74, 6) is -0.208. The van der Waals surface area contributed by atoms with Gasteiger partial charge in [-0.15, -0.1) is 0 Å². The summed E-state index contributed by atoms with van der Waals surface area (Å²) in [5, 5.41) is 24.0. The van der Waals surface area contributed by atoms with Crippen LogP contribution in [-0.4, -0.2) is 82.6 Å². The third kappa shape index (κ3) is 9.74. The quantitative estimate of drug-likeness (QED) is 0.171. The predicted molar refractivity (Wildman–Crippen MR) is 169 cm³/mol. The zero-order valence-electron chi connectivity index (χ0n) is 25.6. The number of rotatable bonds is 17. The van der Waals surface area contributed by atoms with Gasteiger partial charge in [0.2, 0.25) is 5.91 Å². The van der Waals surface area contributed by atoms with Gasteiger partial charge in [0.1, 0.15) is 0 Å². The maximum absolute atomic E-state index is 13.0. The van der Waals surface area contributed by atoms with Gasteiger partial charge in [-0.25, -0.2) is 9.67 Å². The highest BCUT2D eigenvalue weighted by Gasteiger charge is 2.19. The van der Waals surface area contributed by atoms with Crippen LogP contribution in [0.25, 0.3) is 11.0 Å². The van der Waals surface area contributed by atoms with Crippen molar-refractivity contribution in [2.75, 3.05) is 50.6 Å². The maximum atomic E-state index is 13.0. The molecule has 11 heteroatoms. The van der Waals surface area contributed by atoms with Gasteiger partial charge in [0.25, 0.3) is 5.91 Å². The zero-order chi connectivity index (χ0) is 30.4. The molecule has 4 N–H and O–H groups in total. The Kier molecular flexibility index (Phi) is 12.7. The molecule has 0 bridgehead atoms. The van der Waals surface area contributed by atoms with E-state index < -0.39 is 0 Å². The lowest BCUT2D eigenvalue weighted by molar-refractivity contribution is -0.116. The SMILES string of the molecule is CCn1ncc2c(NC3CCOCC3)c(CNC(=O)c3ccc(NC(=O)CCCCCCCN(C)CCO)cc3)cnc21. The summed E-state index contributed by atoms with van der Waals surface area (Å²) in [6.45, 7) is 6.44. The van der Waals surface area contributed by atoms with Crippen LogP contribution in [0.1, 0.15) is 74.2 Å². The van der Waals surface area contributed by atoms with E-state index in [1.165, 1.54) is 0 Å². The molecule has 43 heavy (non-hydrogen) atoms. The lowest BCUT2D eigenvalue weighted by Crippen LogP contribution is -2.29. The molecule has 0 atom stereocenters. The van der Waals surface area contributed by atoms with Crippen LogP contribution in [-0.2, 0) is 22.6 Å². The first-order valence-corrected chi connectivity index (χ1v) is 15.6. The van der Waals surface area contributed by atoms with Gasteiger partial charge >= 0.3 is 0 Å². The highest BCUT2D eigenvalue weighted by molar-refractivity contribution is 5.96. The van der Waals surface area contributed by atoms with Gasteiger partial charge in [0.15, 0.2) is 5.65 Å². The van der Waals surface area contributed by atoms with Crippen LogP contribution in [0.4, 0.5) is 11.4 Å². The molecular formula is C32H47N7O4. The van der Waals surface area contributed by atoms with Crippen molar-refractivity contribution >= 4 is 34.2 Å². The van der Waals surface area contributed by atoms with E-state index in [0.717, 1.165) is 93.5 Å². The molecule has 1 saturated heterocycles. The summed E-state index contributed by atoms with van der Waals surface area (Å²) < 4.78 is 7.40. The first kappa shape index (κ1) is 32.4. The van der Waals surface area contributed by atoms with E-state index in [1.807, 2.05) is 31.0 Å². The standard InChI is InChI=1S/C32H47N7O4/c1-3-39-31-28(23-35-39)30(37-27-14-19-43-20-15-27)25(21-33-31)22-34-32(42)24-10-12-26(13-11-24)36-29(41)9-7-5-4-6-8-16-38(2)17-18-40/h10-13,21,23,27,40H,3-9,14-20,22H2,1-2H3,(H,33,37)(H,34,42)(H,36,41). The number of ether oxygens (including phenoxy) is 1. The Morgan fingerprint density at radius 1 is 1.05 bits per heavy atom. The largest absolute Gasteiger partial charge is 0.395 e. The molecule has 2 amide bonds. The van der Waals surface area contributed by atoms with Crippen molar-refractivity contribution < 1.29 is 19.4 Å². The number of anilines is 2. The van der Waals surface area contributed by atoms with Gasteiger partial charge in [-0.2, -0.15) is 5.10 Å². The van der Waals surface area contributed by atoms with Crippen molar-refractivity contribution in [3.05, 3.63) is 47.8 Å². The van der Waals surface area contributed by atoms with Gasteiger partial charge in [-0.05, 0) is 70.5 Å². The number of benzene rings is 1. The highest BCUT2D eigenvalue weighted by atomic mass is 16.5. The van der Waals surface area contributed by atoms with Crippen molar-refractivity contribution in [1.82, 2.24) is 25.0 Å². The molecule has 1 aromatic carbocycles. The molecule has 0 spiro atoms. The normalized spacial score (nSPS) is 13.9. The van der Waals surface area contributed by atoms with Crippen molar-refractivity contribution in [3.63, 3.8) is 0 Å².